The Labute approximate surface area is 133 Å². The SMILES string of the molecule is C/C(=N\Nc1cn[nH]c(=O)c1Br)c1ccc(Cl)c(Cl)c1. The van der Waals surface area contributed by atoms with Crippen molar-refractivity contribution >= 4 is 50.5 Å². The lowest BCUT2D eigenvalue weighted by molar-refractivity contribution is 0.976. The van der Waals surface area contributed by atoms with E-state index in [0.717, 1.165) is 5.56 Å². The van der Waals surface area contributed by atoms with Crippen LogP contribution in [0, 0.1) is 0 Å². The van der Waals surface area contributed by atoms with Crippen LogP contribution in [0.4, 0.5) is 5.69 Å². The zero-order valence-corrected chi connectivity index (χ0v) is 13.3. The van der Waals surface area contributed by atoms with E-state index in [1.165, 1.54) is 6.20 Å². The Bertz CT molecular complexity index is 730. The van der Waals surface area contributed by atoms with Crippen molar-refractivity contribution in [3.8, 4) is 0 Å². The molecule has 0 bridgehead atoms. The molecule has 0 unspecified atom stereocenters. The highest BCUT2D eigenvalue weighted by molar-refractivity contribution is 9.10. The zero-order chi connectivity index (χ0) is 14.7. The van der Waals surface area contributed by atoms with E-state index in [1.54, 1.807) is 25.1 Å². The van der Waals surface area contributed by atoms with Crippen LogP contribution < -0.4 is 11.0 Å². The summed E-state index contributed by atoms with van der Waals surface area (Å²) in [5.41, 5.74) is 4.41. The molecule has 0 spiro atoms. The first-order valence-corrected chi connectivity index (χ1v) is 7.03. The van der Waals surface area contributed by atoms with Crippen molar-refractivity contribution in [3.63, 3.8) is 0 Å². The standard InChI is InChI=1S/C12H9BrCl2N4O/c1-6(7-2-3-8(14)9(15)4-7)17-18-10-5-16-19-12(20)11(10)13/h2-5H,1H3,(H2,18,19,20)/b17-6+. The van der Waals surface area contributed by atoms with Gasteiger partial charge < -0.3 is 0 Å². The third-order valence-corrected chi connectivity index (χ3v) is 4.00. The van der Waals surface area contributed by atoms with Gasteiger partial charge in [0.2, 0.25) is 0 Å². The number of aromatic nitrogens is 2. The molecule has 0 amide bonds. The van der Waals surface area contributed by atoms with Gasteiger partial charge in [0.25, 0.3) is 5.56 Å². The molecule has 0 saturated carbocycles. The second-order valence-electron chi connectivity index (χ2n) is 3.86. The van der Waals surface area contributed by atoms with Gasteiger partial charge in [0.05, 0.1) is 27.6 Å². The Morgan fingerprint density at radius 3 is 2.85 bits per heavy atom. The molecule has 8 heteroatoms. The van der Waals surface area contributed by atoms with E-state index in [-0.39, 0.29) is 5.56 Å². The third-order valence-electron chi connectivity index (χ3n) is 2.48. The average molecular weight is 376 g/mol. The molecule has 2 rings (SSSR count). The number of nitrogens with one attached hydrogen (secondary N) is 2. The van der Waals surface area contributed by atoms with Crippen molar-refractivity contribution < 1.29 is 0 Å². The van der Waals surface area contributed by atoms with E-state index in [9.17, 15) is 4.79 Å². The van der Waals surface area contributed by atoms with Crippen molar-refractivity contribution in [2.24, 2.45) is 5.10 Å². The van der Waals surface area contributed by atoms with Crippen LogP contribution >= 0.6 is 39.1 Å². The van der Waals surface area contributed by atoms with E-state index in [2.05, 4.69) is 36.7 Å². The molecule has 20 heavy (non-hydrogen) atoms. The van der Waals surface area contributed by atoms with Gasteiger partial charge in [0.15, 0.2) is 0 Å². The highest BCUT2D eigenvalue weighted by Gasteiger charge is 2.05. The minimum Gasteiger partial charge on any atom is -0.275 e. The summed E-state index contributed by atoms with van der Waals surface area (Å²) in [5, 5.41) is 11.1. The second kappa shape index (κ2) is 6.39. The molecule has 0 radical (unpaired) electrons. The van der Waals surface area contributed by atoms with Gasteiger partial charge in [-0.25, -0.2) is 5.10 Å². The molecular formula is C12H9BrCl2N4O. The molecule has 0 saturated heterocycles. The minimum atomic E-state index is -0.336. The van der Waals surface area contributed by atoms with E-state index >= 15 is 0 Å². The summed E-state index contributed by atoms with van der Waals surface area (Å²) in [4.78, 5) is 11.4. The first kappa shape index (κ1) is 15.0. The predicted molar refractivity (Wildman–Crippen MR) is 84.9 cm³/mol. The van der Waals surface area contributed by atoms with Gasteiger partial charge in [0, 0.05) is 0 Å². The number of anilines is 1. The van der Waals surface area contributed by atoms with Crippen molar-refractivity contribution in [2.75, 3.05) is 5.43 Å². The Kier molecular flexibility index (Phi) is 4.80. The van der Waals surface area contributed by atoms with Gasteiger partial charge in [-0.15, -0.1) is 0 Å². The first-order valence-electron chi connectivity index (χ1n) is 5.48. The predicted octanol–water partition coefficient (Wildman–Crippen LogP) is 3.68. The molecule has 0 atom stereocenters. The van der Waals surface area contributed by atoms with E-state index < -0.39 is 0 Å². The van der Waals surface area contributed by atoms with Gasteiger partial charge in [-0.1, -0.05) is 29.3 Å². The summed E-state index contributed by atoms with van der Waals surface area (Å²) in [6, 6.07) is 5.22. The molecule has 0 aliphatic rings. The van der Waals surface area contributed by atoms with Gasteiger partial charge in [0.1, 0.15) is 4.47 Å². The maximum absolute atomic E-state index is 11.4. The highest BCUT2D eigenvalue weighted by Crippen LogP contribution is 2.23. The number of H-pyrrole nitrogens is 1. The van der Waals surface area contributed by atoms with E-state index in [1.807, 2.05) is 0 Å². The van der Waals surface area contributed by atoms with Crippen molar-refractivity contribution in [1.29, 1.82) is 0 Å². The Balaban J connectivity index is 2.24. The maximum Gasteiger partial charge on any atom is 0.280 e. The summed E-state index contributed by atoms with van der Waals surface area (Å²) in [6.07, 6.45) is 1.46. The second-order valence-corrected chi connectivity index (χ2v) is 5.47. The number of hydrogen-bond donors (Lipinski definition) is 2. The number of benzene rings is 1. The monoisotopic (exact) mass is 374 g/mol. The van der Waals surface area contributed by atoms with Crippen molar-refractivity contribution in [1.82, 2.24) is 10.2 Å². The van der Waals surface area contributed by atoms with Crippen molar-refractivity contribution in [3.05, 3.63) is 54.8 Å². The van der Waals surface area contributed by atoms with Crippen molar-refractivity contribution in [2.45, 2.75) is 6.92 Å². The van der Waals surface area contributed by atoms with Gasteiger partial charge in [-0.05, 0) is 40.5 Å². The fourth-order valence-electron chi connectivity index (χ4n) is 1.39. The fourth-order valence-corrected chi connectivity index (χ4v) is 1.97. The van der Waals surface area contributed by atoms with Crippen LogP contribution in [0.15, 0.2) is 38.8 Å². The summed E-state index contributed by atoms with van der Waals surface area (Å²) >= 11 is 15.0. The number of nitrogens with zero attached hydrogens (tertiary/aromatic N) is 2. The van der Waals surface area contributed by atoms with Gasteiger partial charge in [-0.2, -0.15) is 10.2 Å². The molecule has 1 heterocycles. The van der Waals surface area contributed by atoms with Crippen LogP contribution in [-0.2, 0) is 0 Å². The first-order chi connectivity index (χ1) is 9.49. The van der Waals surface area contributed by atoms with Gasteiger partial charge in [-0.3, -0.25) is 10.2 Å². The minimum absolute atomic E-state index is 0.332. The molecule has 0 fully saturated rings. The molecule has 2 aromatic rings. The molecule has 1 aromatic carbocycles. The molecule has 0 aliphatic heterocycles. The topological polar surface area (TPSA) is 70.1 Å². The summed E-state index contributed by atoms with van der Waals surface area (Å²) in [7, 11) is 0. The lowest BCUT2D eigenvalue weighted by Gasteiger charge is -2.05. The number of rotatable bonds is 3. The van der Waals surface area contributed by atoms with Crippen LogP contribution in [0.1, 0.15) is 12.5 Å². The number of aromatic amines is 1. The number of hydrazone groups is 1. The summed E-state index contributed by atoms with van der Waals surface area (Å²) < 4.78 is 0.332. The molecular weight excluding hydrogens is 367 g/mol. The molecule has 0 aliphatic carbocycles. The largest absolute Gasteiger partial charge is 0.280 e. The Morgan fingerprint density at radius 1 is 1.40 bits per heavy atom. The molecule has 5 nitrogen and oxygen atoms in total. The van der Waals surface area contributed by atoms with E-state index in [0.29, 0.717) is 25.9 Å². The molecule has 104 valence electrons. The summed E-state index contributed by atoms with van der Waals surface area (Å²) in [5.74, 6) is 0. The maximum atomic E-state index is 11.4. The fraction of sp³-hybridized carbons (Fsp3) is 0.0833. The van der Waals surface area contributed by atoms with Crippen LogP contribution in [-0.4, -0.2) is 15.9 Å². The summed E-state index contributed by atoms with van der Waals surface area (Å²) in [6.45, 7) is 1.81. The molecule has 1 aromatic heterocycles. The lowest BCUT2D eigenvalue weighted by Crippen LogP contribution is -2.11. The van der Waals surface area contributed by atoms with Crippen LogP contribution in [0.5, 0.6) is 0 Å². The van der Waals surface area contributed by atoms with Gasteiger partial charge >= 0.3 is 0 Å². The molecule has 2 N–H and O–H groups in total. The highest BCUT2D eigenvalue weighted by atomic mass is 79.9. The smallest absolute Gasteiger partial charge is 0.275 e. The van der Waals surface area contributed by atoms with Crippen LogP contribution in [0.3, 0.4) is 0 Å². The normalized spacial score (nSPS) is 11.5. The van der Waals surface area contributed by atoms with E-state index in [4.69, 9.17) is 23.2 Å². The number of halogens is 3. The quantitative estimate of drug-likeness (QED) is 0.635. The number of hydrogen-bond acceptors (Lipinski definition) is 4. The van der Waals surface area contributed by atoms with Crippen LogP contribution in [0.25, 0.3) is 0 Å². The Morgan fingerprint density at radius 2 is 2.15 bits per heavy atom. The third kappa shape index (κ3) is 3.39. The van der Waals surface area contributed by atoms with Crippen LogP contribution in [0.2, 0.25) is 10.0 Å². The average Bonchev–Trinajstić information content (AvgIpc) is 2.43. The zero-order valence-electron chi connectivity index (χ0n) is 10.2. The lowest BCUT2D eigenvalue weighted by atomic mass is 10.1. The Hall–Kier alpha value is -1.37.